The highest BCUT2D eigenvalue weighted by molar-refractivity contribution is 5.85. The number of amidine groups is 1. The number of hydrogen-bond donors (Lipinski definition) is 1. The summed E-state index contributed by atoms with van der Waals surface area (Å²) in [5.41, 5.74) is 2.20. The number of esters is 1. The van der Waals surface area contributed by atoms with Crippen molar-refractivity contribution in [3.05, 3.63) is 59.7 Å². The number of ether oxygens (including phenoxy) is 3. The average Bonchev–Trinajstić information content (AvgIpc) is 3.12. The lowest BCUT2D eigenvalue weighted by molar-refractivity contribution is -0.140. The zero-order valence-electron chi connectivity index (χ0n) is 15.8. The molecule has 6 heteroatoms. The zero-order valence-corrected chi connectivity index (χ0v) is 15.8. The highest BCUT2D eigenvalue weighted by Gasteiger charge is 2.31. The largest absolute Gasteiger partial charge is 0.497 e. The number of nitrogens with one attached hydrogen (secondary N) is 1. The van der Waals surface area contributed by atoms with E-state index in [4.69, 9.17) is 19.2 Å². The molecule has 1 heterocycles. The second-order valence-electron chi connectivity index (χ2n) is 6.28. The van der Waals surface area contributed by atoms with Crippen LogP contribution in [0, 0.1) is 0 Å². The number of aliphatic imine (C=N–C) groups is 1. The Hall–Kier alpha value is -3.02. The molecule has 0 radical (unpaired) electrons. The topological polar surface area (TPSA) is 69.2 Å². The van der Waals surface area contributed by atoms with E-state index in [0.29, 0.717) is 13.0 Å². The van der Waals surface area contributed by atoms with Gasteiger partial charge in [-0.05, 0) is 35.4 Å². The van der Waals surface area contributed by atoms with Gasteiger partial charge in [-0.3, -0.25) is 9.79 Å². The van der Waals surface area contributed by atoms with Crippen LogP contribution in [0.15, 0.2) is 53.5 Å². The molecular formula is C21H24N2O4. The molecule has 0 bridgehead atoms. The minimum absolute atomic E-state index is 0.00312. The molecule has 1 aliphatic heterocycles. The van der Waals surface area contributed by atoms with E-state index in [-0.39, 0.29) is 18.1 Å². The van der Waals surface area contributed by atoms with Crippen LogP contribution in [0.3, 0.4) is 0 Å². The number of hydrogen-bond acceptors (Lipinski definition) is 6. The Bertz CT molecular complexity index is 800. The van der Waals surface area contributed by atoms with Crippen LogP contribution in [0.25, 0.3) is 0 Å². The number of benzene rings is 2. The van der Waals surface area contributed by atoms with Gasteiger partial charge in [-0.2, -0.15) is 0 Å². The zero-order chi connectivity index (χ0) is 19.2. The van der Waals surface area contributed by atoms with Crippen LogP contribution in [0.2, 0.25) is 0 Å². The van der Waals surface area contributed by atoms with Crippen molar-refractivity contribution in [1.82, 2.24) is 5.32 Å². The second kappa shape index (κ2) is 8.58. The van der Waals surface area contributed by atoms with Gasteiger partial charge >= 0.3 is 5.97 Å². The van der Waals surface area contributed by atoms with Gasteiger partial charge in [-0.25, -0.2) is 0 Å². The lowest BCUT2D eigenvalue weighted by Gasteiger charge is -2.20. The molecule has 0 unspecified atom stereocenters. The molecular weight excluding hydrogens is 344 g/mol. The Kier molecular flexibility index (Phi) is 5.96. The first-order valence-corrected chi connectivity index (χ1v) is 8.85. The van der Waals surface area contributed by atoms with E-state index in [2.05, 4.69) is 5.32 Å². The van der Waals surface area contributed by atoms with Crippen molar-refractivity contribution < 1.29 is 19.0 Å². The van der Waals surface area contributed by atoms with Crippen LogP contribution in [0.5, 0.6) is 11.5 Å². The number of carbonyl (C=O) groups excluding carboxylic acids is 1. The number of carbonyl (C=O) groups is 1. The fraction of sp³-hybridized carbons (Fsp3) is 0.333. The fourth-order valence-electron chi connectivity index (χ4n) is 3.11. The van der Waals surface area contributed by atoms with Crippen LogP contribution in [0.4, 0.5) is 0 Å². The molecule has 0 aromatic heterocycles. The van der Waals surface area contributed by atoms with E-state index in [1.807, 2.05) is 48.5 Å². The van der Waals surface area contributed by atoms with Crippen molar-refractivity contribution in [2.45, 2.75) is 25.4 Å². The van der Waals surface area contributed by atoms with Gasteiger partial charge in [0.25, 0.3) is 0 Å². The van der Waals surface area contributed by atoms with Crippen molar-refractivity contribution in [2.24, 2.45) is 4.99 Å². The monoisotopic (exact) mass is 368 g/mol. The fourth-order valence-corrected chi connectivity index (χ4v) is 3.11. The van der Waals surface area contributed by atoms with Crippen LogP contribution in [-0.2, 0) is 9.53 Å². The predicted molar refractivity (Wildman–Crippen MR) is 103 cm³/mol. The van der Waals surface area contributed by atoms with Gasteiger partial charge in [0.05, 0.1) is 26.9 Å². The summed E-state index contributed by atoms with van der Waals surface area (Å²) in [4.78, 5) is 15.9. The first kappa shape index (κ1) is 18.8. The molecule has 1 N–H and O–H groups in total. The van der Waals surface area contributed by atoms with Gasteiger partial charge in [0.15, 0.2) is 0 Å². The molecule has 0 saturated carbocycles. The summed E-state index contributed by atoms with van der Waals surface area (Å²) in [5, 5.41) is 3.48. The van der Waals surface area contributed by atoms with E-state index in [9.17, 15) is 4.79 Å². The van der Waals surface area contributed by atoms with Crippen molar-refractivity contribution in [3.8, 4) is 11.5 Å². The molecule has 27 heavy (non-hydrogen) atoms. The van der Waals surface area contributed by atoms with E-state index >= 15 is 0 Å². The Morgan fingerprint density at radius 3 is 2.04 bits per heavy atom. The quantitative estimate of drug-likeness (QED) is 0.758. The van der Waals surface area contributed by atoms with Crippen LogP contribution in [0.1, 0.15) is 36.6 Å². The predicted octanol–water partition coefficient (Wildman–Crippen LogP) is 3.44. The average molecular weight is 368 g/mol. The number of nitrogens with zero attached hydrogens (tertiary/aromatic N) is 1. The Morgan fingerprint density at radius 2 is 1.52 bits per heavy atom. The number of rotatable bonds is 7. The molecule has 2 aromatic carbocycles. The van der Waals surface area contributed by atoms with Crippen LogP contribution in [-0.4, -0.2) is 32.6 Å². The SMILES string of the molecule is COc1ccc([C@H]2N=C(CCOC(C)=O)N[C@H]2c2ccc(OC)cc2)cc1. The number of methoxy groups -OCH3 is 2. The minimum Gasteiger partial charge on any atom is -0.497 e. The third-order valence-corrected chi connectivity index (χ3v) is 4.51. The van der Waals surface area contributed by atoms with Crippen LogP contribution < -0.4 is 14.8 Å². The summed E-state index contributed by atoms with van der Waals surface area (Å²) in [5.74, 6) is 2.17. The molecule has 0 saturated heterocycles. The van der Waals surface area contributed by atoms with E-state index in [0.717, 1.165) is 28.5 Å². The summed E-state index contributed by atoms with van der Waals surface area (Å²) in [6.45, 7) is 1.72. The molecule has 2 aromatic rings. The molecule has 0 amide bonds. The van der Waals surface area contributed by atoms with Gasteiger partial charge in [-0.15, -0.1) is 0 Å². The summed E-state index contributed by atoms with van der Waals surface area (Å²) in [7, 11) is 3.30. The molecule has 3 rings (SSSR count). The lowest BCUT2D eigenvalue weighted by Crippen LogP contribution is -2.25. The highest BCUT2D eigenvalue weighted by Crippen LogP contribution is 2.37. The minimum atomic E-state index is -0.285. The van der Waals surface area contributed by atoms with Gasteiger partial charge in [-0.1, -0.05) is 24.3 Å². The maximum absolute atomic E-state index is 11.0. The van der Waals surface area contributed by atoms with Crippen molar-refractivity contribution in [1.29, 1.82) is 0 Å². The first-order chi connectivity index (χ1) is 13.1. The Morgan fingerprint density at radius 1 is 0.963 bits per heavy atom. The molecule has 0 aliphatic carbocycles. The molecule has 0 spiro atoms. The van der Waals surface area contributed by atoms with Gasteiger partial charge < -0.3 is 19.5 Å². The molecule has 6 nitrogen and oxygen atoms in total. The molecule has 1 aliphatic rings. The summed E-state index contributed by atoms with van der Waals surface area (Å²) in [6, 6.07) is 15.8. The molecule has 0 fully saturated rings. The summed E-state index contributed by atoms with van der Waals surface area (Å²) >= 11 is 0. The third kappa shape index (κ3) is 4.58. The Labute approximate surface area is 159 Å². The normalized spacial score (nSPS) is 18.4. The first-order valence-electron chi connectivity index (χ1n) is 8.85. The van der Waals surface area contributed by atoms with Gasteiger partial charge in [0.1, 0.15) is 23.4 Å². The van der Waals surface area contributed by atoms with Gasteiger partial charge in [0.2, 0.25) is 0 Å². The smallest absolute Gasteiger partial charge is 0.302 e. The van der Waals surface area contributed by atoms with Crippen molar-refractivity contribution in [3.63, 3.8) is 0 Å². The Balaban J connectivity index is 1.83. The summed E-state index contributed by atoms with van der Waals surface area (Å²) in [6.07, 6.45) is 0.554. The third-order valence-electron chi connectivity index (χ3n) is 4.51. The van der Waals surface area contributed by atoms with E-state index < -0.39 is 0 Å². The molecule has 142 valence electrons. The summed E-state index contributed by atoms with van der Waals surface area (Å²) < 4.78 is 15.6. The highest BCUT2D eigenvalue weighted by atomic mass is 16.5. The lowest BCUT2D eigenvalue weighted by atomic mass is 9.95. The molecule has 2 atom stereocenters. The van der Waals surface area contributed by atoms with Crippen LogP contribution >= 0.6 is 0 Å². The maximum Gasteiger partial charge on any atom is 0.302 e. The standard InChI is InChI=1S/C21H24N2O4/c1-14(24)27-13-12-19-22-20(15-4-8-17(25-2)9-5-15)21(23-19)16-6-10-18(26-3)11-7-16/h4-11,20-21H,12-13H2,1-3H3,(H,22,23)/t20-,21+. The maximum atomic E-state index is 11.0. The van der Waals surface area contributed by atoms with Crippen molar-refractivity contribution in [2.75, 3.05) is 20.8 Å². The second-order valence-corrected chi connectivity index (χ2v) is 6.28. The van der Waals surface area contributed by atoms with E-state index in [1.54, 1.807) is 14.2 Å². The van der Waals surface area contributed by atoms with E-state index in [1.165, 1.54) is 6.92 Å². The van der Waals surface area contributed by atoms with Crippen molar-refractivity contribution >= 4 is 11.8 Å². The van der Waals surface area contributed by atoms with Gasteiger partial charge in [0, 0.05) is 13.3 Å².